The molecule has 1 atom stereocenters. The van der Waals surface area contributed by atoms with Gasteiger partial charge in [-0.15, -0.1) is 0 Å². The molecule has 23 heavy (non-hydrogen) atoms. The summed E-state index contributed by atoms with van der Waals surface area (Å²) in [6.07, 6.45) is 1.94. The number of rotatable bonds is 5. The smallest absolute Gasteiger partial charge is 0.232 e. The molecule has 0 aromatic heterocycles. The largest absolute Gasteiger partial charge is 0.356 e. The number of hydrogen-bond donors (Lipinski definition) is 2. The molecule has 2 aromatic rings. The van der Waals surface area contributed by atoms with Crippen molar-refractivity contribution in [2.45, 2.75) is 32.6 Å². The molecule has 0 fully saturated rings. The predicted molar refractivity (Wildman–Crippen MR) is 96.6 cm³/mol. The van der Waals surface area contributed by atoms with Crippen LogP contribution in [0, 0.1) is 5.92 Å². The van der Waals surface area contributed by atoms with Crippen LogP contribution in [0.2, 0.25) is 5.02 Å². The summed E-state index contributed by atoms with van der Waals surface area (Å²) in [6.45, 7) is 4.37. The lowest BCUT2D eigenvalue weighted by Gasteiger charge is -2.12. The summed E-state index contributed by atoms with van der Waals surface area (Å²) < 4.78 is 0. The van der Waals surface area contributed by atoms with Gasteiger partial charge in [-0.2, -0.15) is 0 Å². The van der Waals surface area contributed by atoms with Crippen LogP contribution < -0.4 is 10.6 Å². The molecule has 0 aliphatic carbocycles. The Morgan fingerprint density at radius 2 is 1.83 bits per heavy atom. The summed E-state index contributed by atoms with van der Waals surface area (Å²) >= 11 is 5.91. The molecule has 120 valence electrons. The average Bonchev–Trinajstić information content (AvgIpc) is 2.82. The molecule has 0 radical (unpaired) electrons. The lowest BCUT2D eigenvalue weighted by Crippen LogP contribution is -2.12. The number of amides is 1. The summed E-state index contributed by atoms with van der Waals surface area (Å²) in [4.78, 5) is 12.2. The second-order valence-electron chi connectivity index (χ2n) is 6.45. The first kappa shape index (κ1) is 15.9. The van der Waals surface area contributed by atoms with Gasteiger partial charge in [0.05, 0.1) is 5.92 Å². The van der Waals surface area contributed by atoms with E-state index in [1.165, 1.54) is 0 Å². The van der Waals surface area contributed by atoms with Gasteiger partial charge in [-0.05, 0) is 66.8 Å². The molecule has 0 spiro atoms. The van der Waals surface area contributed by atoms with E-state index in [1.54, 1.807) is 0 Å². The monoisotopic (exact) mass is 328 g/mol. The van der Waals surface area contributed by atoms with E-state index >= 15 is 0 Å². The SMILES string of the molecule is CC(C)CCC1C(=O)Nc2ccc(Nc3ccc(Cl)cc3)cc21. The molecule has 0 bridgehead atoms. The van der Waals surface area contributed by atoms with E-state index in [0.717, 1.165) is 35.5 Å². The number of nitrogens with one attached hydrogen (secondary N) is 2. The summed E-state index contributed by atoms with van der Waals surface area (Å²) in [5.74, 6) is 0.672. The quantitative estimate of drug-likeness (QED) is 0.754. The van der Waals surface area contributed by atoms with Crippen LogP contribution in [0.1, 0.15) is 38.2 Å². The van der Waals surface area contributed by atoms with Crippen molar-refractivity contribution in [3.8, 4) is 0 Å². The lowest BCUT2D eigenvalue weighted by molar-refractivity contribution is -0.117. The zero-order chi connectivity index (χ0) is 16.4. The third-order valence-corrected chi connectivity index (χ3v) is 4.42. The van der Waals surface area contributed by atoms with Gasteiger partial charge in [0.25, 0.3) is 0 Å². The maximum atomic E-state index is 12.2. The van der Waals surface area contributed by atoms with E-state index in [4.69, 9.17) is 11.6 Å². The van der Waals surface area contributed by atoms with Crippen LogP contribution >= 0.6 is 11.6 Å². The normalized spacial score (nSPS) is 16.3. The minimum atomic E-state index is -0.0423. The van der Waals surface area contributed by atoms with E-state index in [9.17, 15) is 4.79 Å². The standard InChI is InChI=1S/C19H21ClN2O/c1-12(2)3-9-16-17-11-15(8-10-18(17)22-19(16)23)21-14-6-4-13(20)5-7-14/h4-8,10-12,16,21H,3,9H2,1-2H3,(H,22,23). The Morgan fingerprint density at radius 3 is 2.52 bits per heavy atom. The van der Waals surface area contributed by atoms with E-state index < -0.39 is 0 Å². The van der Waals surface area contributed by atoms with E-state index in [-0.39, 0.29) is 11.8 Å². The first-order valence-corrected chi connectivity index (χ1v) is 8.38. The number of hydrogen-bond acceptors (Lipinski definition) is 2. The maximum absolute atomic E-state index is 12.2. The Morgan fingerprint density at radius 1 is 1.13 bits per heavy atom. The van der Waals surface area contributed by atoms with Gasteiger partial charge in [0.1, 0.15) is 0 Å². The number of carbonyl (C=O) groups is 1. The highest BCUT2D eigenvalue weighted by Gasteiger charge is 2.30. The number of anilines is 3. The van der Waals surface area contributed by atoms with Crippen molar-refractivity contribution in [1.29, 1.82) is 0 Å². The second-order valence-corrected chi connectivity index (χ2v) is 6.88. The molecule has 0 saturated heterocycles. The van der Waals surface area contributed by atoms with Crippen molar-refractivity contribution in [1.82, 2.24) is 0 Å². The van der Waals surface area contributed by atoms with Crippen molar-refractivity contribution in [2.24, 2.45) is 5.92 Å². The molecular weight excluding hydrogens is 308 g/mol. The van der Waals surface area contributed by atoms with Gasteiger partial charge in [-0.3, -0.25) is 4.79 Å². The molecule has 0 saturated carbocycles. The van der Waals surface area contributed by atoms with Gasteiger partial charge in [0.2, 0.25) is 5.91 Å². The number of fused-ring (bicyclic) bond motifs is 1. The molecule has 1 amide bonds. The van der Waals surface area contributed by atoms with Gasteiger partial charge in [0, 0.05) is 22.1 Å². The Balaban J connectivity index is 1.80. The molecular formula is C19H21ClN2O. The molecule has 2 aromatic carbocycles. The van der Waals surface area contributed by atoms with Gasteiger partial charge >= 0.3 is 0 Å². The van der Waals surface area contributed by atoms with Crippen molar-refractivity contribution in [3.05, 3.63) is 53.1 Å². The molecule has 4 heteroatoms. The number of benzene rings is 2. The predicted octanol–water partition coefficient (Wildman–Crippen LogP) is 5.56. The van der Waals surface area contributed by atoms with Crippen molar-refractivity contribution in [2.75, 3.05) is 10.6 Å². The minimum absolute atomic E-state index is 0.0423. The van der Waals surface area contributed by atoms with E-state index in [1.807, 2.05) is 36.4 Å². The van der Waals surface area contributed by atoms with E-state index in [2.05, 4.69) is 30.5 Å². The van der Waals surface area contributed by atoms with Gasteiger partial charge in [-0.25, -0.2) is 0 Å². The third-order valence-electron chi connectivity index (χ3n) is 4.17. The zero-order valence-corrected chi connectivity index (χ0v) is 14.2. The van der Waals surface area contributed by atoms with Crippen LogP contribution in [-0.2, 0) is 4.79 Å². The lowest BCUT2D eigenvalue weighted by atomic mass is 9.92. The van der Waals surface area contributed by atoms with E-state index in [0.29, 0.717) is 10.9 Å². The Bertz CT molecular complexity index is 710. The Hall–Kier alpha value is -2.00. The van der Waals surface area contributed by atoms with Crippen LogP contribution in [0.15, 0.2) is 42.5 Å². The molecule has 1 unspecified atom stereocenters. The van der Waals surface area contributed by atoms with Crippen LogP contribution in [0.5, 0.6) is 0 Å². The summed E-state index contributed by atoms with van der Waals surface area (Å²) in [5.41, 5.74) is 3.99. The Kier molecular flexibility index (Phi) is 4.58. The van der Waals surface area contributed by atoms with Crippen molar-refractivity contribution < 1.29 is 4.79 Å². The van der Waals surface area contributed by atoms with Gasteiger partial charge in [-0.1, -0.05) is 25.4 Å². The first-order chi connectivity index (χ1) is 11.0. The second kappa shape index (κ2) is 6.63. The summed E-state index contributed by atoms with van der Waals surface area (Å²) in [5, 5.41) is 7.06. The van der Waals surface area contributed by atoms with Crippen LogP contribution in [0.25, 0.3) is 0 Å². The van der Waals surface area contributed by atoms with Gasteiger partial charge in [0.15, 0.2) is 0 Å². The maximum Gasteiger partial charge on any atom is 0.232 e. The fraction of sp³-hybridized carbons (Fsp3) is 0.316. The third kappa shape index (κ3) is 3.67. The van der Waals surface area contributed by atoms with Crippen molar-refractivity contribution in [3.63, 3.8) is 0 Å². The minimum Gasteiger partial charge on any atom is -0.356 e. The Labute approximate surface area is 142 Å². The fourth-order valence-corrected chi connectivity index (χ4v) is 3.02. The summed E-state index contributed by atoms with van der Waals surface area (Å²) in [6, 6.07) is 13.6. The van der Waals surface area contributed by atoms with Crippen LogP contribution in [0.3, 0.4) is 0 Å². The highest BCUT2D eigenvalue weighted by molar-refractivity contribution is 6.30. The fourth-order valence-electron chi connectivity index (χ4n) is 2.89. The summed E-state index contributed by atoms with van der Waals surface area (Å²) in [7, 11) is 0. The van der Waals surface area contributed by atoms with Crippen molar-refractivity contribution >= 4 is 34.6 Å². The highest BCUT2D eigenvalue weighted by atomic mass is 35.5. The topological polar surface area (TPSA) is 41.1 Å². The molecule has 3 nitrogen and oxygen atoms in total. The number of carbonyl (C=O) groups excluding carboxylic acids is 1. The molecule has 1 aliphatic heterocycles. The van der Waals surface area contributed by atoms with Gasteiger partial charge < -0.3 is 10.6 Å². The molecule has 2 N–H and O–H groups in total. The van der Waals surface area contributed by atoms with Crippen LogP contribution in [0.4, 0.5) is 17.1 Å². The van der Waals surface area contributed by atoms with Crippen LogP contribution in [-0.4, -0.2) is 5.91 Å². The molecule has 3 rings (SSSR count). The molecule has 1 heterocycles. The first-order valence-electron chi connectivity index (χ1n) is 8.00. The molecule has 1 aliphatic rings. The highest BCUT2D eigenvalue weighted by Crippen LogP contribution is 2.38. The zero-order valence-electron chi connectivity index (χ0n) is 13.4. The average molecular weight is 329 g/mol. The number of halogens is 1.